The Hall–Kier alpha value is -0.630. The van der Waals surface area contributed by atoms with Crippen molar-refractivity contribution in [2.75, 3.05) is 18.8 Å². The van der Waals surface area contributed by atoms with Gasteiger partial charge in [-0.15, -0.1) is 0 Å². The Bertz CT molecular complexity index is 566. The minimum atomic E-state index is -3.51. The van der Waals surface area contributed by atoms with Crippen LogP contribution >= 0.6 is 15.9 Å². The standard InChI is InChI=1S/C14H24BrN3O2S/c1-10(2)18(11(3)4)8-7-17-21(19,20)12-5-6-14(16)13(15)9-12/h5-6,9-11,17H,7-8,16H2,1-4H3. The van der Waals surface area contributed by atoms with Crippen LogP contribution in [0.2, 0.25) is 0 Å². The van der Waals surface area contributed by atoms with Crippen LogP contribution in [-0.2, 0) is 10.0 Å². The number of hydrogen-bond donors (Lipinski definition) is 2. The molecule has 0 amide bonds. The molecule has 0 aliphatic heterocycles. The molecule has 120 valence electrons. The minimum Gasteiger partial charge on any atom is -0.398 e. The zero-order valence-corrected chi connectivity index (χ0v) is 15.3. The van der Waals surface area contributed by atoms with Gasteiger partial charge in [0.2, 0.25) is 10.0 Å². The van der Waals surface area contributed by atoms with E-state index in [2.05, 4.69) is 53.2 Å². The van der Waals surface area contributed by atoms with Crippen molar-refractivity contribution in [2.24, 2.45) is 0 Å². The molecular weight excluding hydrogens is 354 g/mol. The zero-order chi connectivity index (χ0) is 16.2. The summed E-state index contributed by atoms with van der Waals surface area (Å²) in [6.07, 6.45) is 0. The minimum absolute atomic E-state index is 0.212. The first-order chi connectivity index (χ1) is 9.65. The lowest BCUT2D eigenvalue weighted by molar-refractivity contribution is 0.179. The Morgan fingerprint density at radius 3 is 2.29 bits per heavy atom. The van der Waals surface area contributed by atoms with Gasteiger partial charge in [-0.3, -0.25) is 4.90 Å². The van der Waals surface area contributed by atoms with Crippen LogP contribution < -0.4 is 10.5 Å². The Kier molecular flexibility index (Phi) is 6.65. The molecule has 0 saturated heterocycles. The summed E-state index contributed by atoms with van der Waals surface area (Å²) in [7, 11) is -3.51. The molecule has 0 unspecified atom stereocenters. The number of rotatable bonds is 7. The van der Waals surface area contributed by atoms with Crippen LogP contribution in [0.25, 0.3) is 0 Å². The van der Waals surface area contributed by atoms with E-state index in [4.69, 9.17) is 5.73 Å². The highest BCUT2D eigenvalue weighted by atomic mass is 79.9. The van der Waals surface area contributed by atoms with Crippen LogP contribution in [0.1, 0.15) is 27.7 Å². The third kappa shape index (κ3) is 5.25. The second kappa shape index (κ2) is 7.58. The molecule has 0 bridgehead atoms. The molecule has 3 N–H and O–H groups in total. The van der Waals surface area contributed by atoms with E-state index in [0.717, 1.165) is 0 Å². The molecule has 21 heavy (non-hydrogen) atoms. The summed E-state index contributed by atoms with van der Waals surface area (Å²) in [5.74, 6) is 0. The lowest BCUT2D eigenvalue weighted by Crippen LogP contribution is -2.42. The molecule has 0 radical (unpaired) electrons. The number of hydrogen-bond acceptors (Lipinski definition) is 4. The van der Waals surface area contributed by atoms with Crippen molar-refractivity contribution in [1.82, 2.24) is 9.62 Å². The molecular formula is C14H24BrN3O2S. The Balaban J connectivity index is 2.71. The first-order valence-corrected chi connectivity index (χ1v) is 9.23. The van der Waals surface area contributed by atoms with Gasteiger partial charge in [-0.1, -0.05) is 0 Å². The van der Waals surface area contributed by atoms with Crippen molar-refractivity contribution in [3.8, 4) is 0 Å². The van der Waals surface area contributed by atoms with Crippen LogP contribution in [0.15, 0.2) is 27.6 Å². The number of sulfonamides is 1. The zero-order valence-electron chi connectivity index (χ0n) is 12.9. The molecule has 1 rings (SSSR count). The molecule has 0 fully saturated rings. The number of nitrogens with zero attached hydrogens (tertiary/aromatic N) is 1. The quantitative estimate of drug-likeness (QED) is 0.715. The first kappa shape index (κ1) is 18.4. The molecule has 7 heteroatoms. The van der Waals surface area contributed by atoms with Gasteiger partial charge in [0.25, 0.3) is 0 Å². The van der Waals surface area contributed by atoms with Gasteiger partial charge in [-0.05, 0) is 61.8 Å². The fraction of sp³-hybridized carbons (Fsp3) is 0.571. The topological polar surface area (TPSA) is 75.4 Å². The van der Waals surface area contributed by atoms with E-state index in [1.54, 1.807) is 6.07 Å². The van der Waals surface area contributed by atoms with Crippen molar-refractivity contribution < 1.29 is 8.42 Å². The highest BCUT2D eigenvalue weighted by Gasteiger charge is 2.17. The number of nitrogens with one attached hydrogen (secondary N) is 1. The van der Waals surface area contributed by atoms with Crippen LogP contribution in [0, 0.1) is 0 Å². The molecule has 0 atom stereocenters. The summed E-state index contributed by atoms with van der Waals surface area (Å²) < 4.78 is 27.7. The number of halogens is 1. The van der Waals surface area contributed by atoms with Crippen LogP contribution in [0.5, 0.6) is 0 Å². The van der Waals surface area contributed by atoms with Gasteiger partial charge in [0.1, 0.15) is 0 Å². The fourth-order valence-electron chi connectivity index (χ4n) is 2.18. The summed E-state index contributed by atoms with van der Waals surface area (Å²) in [5.41, 5.74) is 6.18. The number of nitrogen functional groups attached to an aromatic ring is 1. The third-order valence-corrected chi connectivity index (χ3v) is 5.42. The maximum absolute atomic E-state index is 12.2. The molecule has 0 saturated carbocycles. The molecule has 0 spiro atoms. The van der Waals surface area contributed by atoms with Crippen molar-refractivity contribution >= 4 is 31.6 Å². The lowest BCUT2D eigenvalue weighted by Gasteiger charge is -2.30. The van der Waals surface area contributed by atoms with E-state index in [-0.39, 0.29) is 4.90 Å². The van der Waals surface area contributed by atoms with Crippen LogP contribution in [0.3, 0.4) is 0 Å². The van der Waals surface area contributed by atoms with E-state index in [1.165, 1.54) is 12.1 Å². The normalized spacial score (nSPS) is 12.6. The Morgan fingerprint density at radius 1 is 1.24 bits per heavy atom. The first-order valence-electron chi connectivity index (χ1n) is 6.95. The smallest absolute Gasteiger partial charge is 0.240 e. The largest absolute Gasteiger partial charge is 0.398 e. The molecule has 0 heterocycles. The Labute approximate surface area is 136 Å². The summed E-state index contributed by atoms with van der Waals surface area (Å²) in [6, 6.07) is 5.35. The second-order valence-electron chi connectivity index (χ2n) is 5.51. The molecule has 1 aromatic rings. The Morgan fingerprint density at radius 2 is 1.81 bits per heavy atom. The monoisotopic (exact) mass is 377 g/mol. The van der Waals surface area contributed by atoms with Gasteiger partial charge in [0.15, 0.2) is 0 Å². The summed E-state index contributed by atoms with van der Waals surface area (Å²) in [4.78, 5) is 2.45. The fourth-order valence-corrected chi connectivity index (χ4v) is 3.76. The van der Waals surface area contributed by atoms with Crippen molar-refractivity contribution in [1.29, 1.82) is 0 Å². The highest BCUT2D eigenvalue weighted by molar-refractivity contribution is 9.10. The van der Waals surface area contributed by atoms with E-state index < -0.39 is 10.0 Å². The van der Waals surface area contributed by atoms with E-state index in [1.807, 2.05) is 0 Å². The van der Waals surface area contributed by atoms with Gasteiger partial charge >= 0.3 is 0 Å². The lowest BCUT2D eigenvalue weighted by atomic mass is 10.2. The number of benzene rings is 1. The van der Waals surface area contributed by atoms with E-state index in [9.17, 15) is 8.42 Å². The third-order valence-electron chi connectivity index (χ3n) is 3.27. The van der Waals surface area contributed by atoms with Gasteiger partial charge in [0.05, 0.1) is 4.90 Å². The average Bonchev–Trinajstić information content (AvgIpc) is 2.36. The van der Waals surface area contributed by atoms with E-state index >= 15 is 0 Å². The second-order valence-corrected chi connectivity index (χ2v) is 8.13. The van der Waals surface area contributed by atoms with Crippen molar-refractivity contribution in [2.45, 2.75) is 44.7 Å². The van der Waals surface area contributed by atoms with Gasteiger partial charge in [-0.25, -0.2) is 13.1 Å². The number of anilines is 1. The SMILES string of the molecule is CC(C)N(CCNS(=O)(=O)c1ccc(N)c(Br)c1)C(C)C. The summed E-state index contributed by atoms with van der Waals surface area (Å²) in [6.45, 7) is 9.46. The predicted molar refractivity (Wildman–Crippen MR) is 90.7 cm³/mol. The molecule has 1 aromatic carbocycles. The van der Waals surface area contributed by atoms with Crippen molar-refractivity contribution in [3.05, 3.63) is 22.7 Å². The van der Waals surface area contributed by atoms with Gasteiger partial charge in [0, 0.05) is 35.3 Å². The highest BCUT2D eigenvalue weighted by Crippen LogP contribution is 2.22. The van der Waals surface area contributed by atoms with Crippen molar-refractivity contribution in [3.63, 3.8) is 0 Å². The van der Waals surface area contributed by atoms with Crippen LogP contribution in [-0.4, -0.2) is 38.5 Å². The summed E-state index contributed by atoms with van der Waals surface area (Å²) in [5, 5.41) is 0. The molecule has 0 aromatic heterocycles. The van der Waals surface area contributed by atoms with Gasteiger partial charge < -0.3 is 5.73 Å². The predicted octanol–water partition coefficient (Wildman–Crippen LogP) is 2.43. The average molecular weight is 378 g/mol. The maximum atomic E-state index is 12.2. The molecule has 0 aliphatic rings. The van der Waals surface area contributed by atoms with Gasteiger partial charge in [-0.2, -0.15) is 0 Å². The van der Waals surface area contributed by atoms with Crippen LogP contribution in [0.4, 0.5) is 5.69 Å². The molecule has 5 nitrogen and oxygen atoms in total. The summed E-state index contributed by atoms with van der Waals surface area (Å²) >= 11 is 3.24. The number of nitrogens with two attached hydrogens (primary N) is 1. The maximum Gasteiger partial charge on any atom is 0.240 e. The molecule has 0 aliphatic carbocycles. The van der Waals surface area contributed by atoms with E-state index in [0.29, 0.717) is 35.3 Å².